The third-order valence-corrected chi connectivity index (χ3v) is 13.5. The molecule has 0 unspecified atom stereocenters. The van der Waals surface area contributed by atoms with E-state index in [4.69, 9.17) is 0 Å². The van der Waals surface area contributed by atoms with E-state index in [0.29, 0.717) is 5.92 Å². The Morgan fingerprint density at radius 1 is 0.617 bits per heavy atom. The highest BCUT2D eigenvalue weighted by Crippen LogP contribution is 2.69. The van der Waals surface area contributed by atoms with Crippen LogP contribution in [0.2, 0.25) is 0 Å². The smallest absolute Gasteiger partial charge is 0.252 e. The van der Waals surface area contributed by atoms with Crippen molar-refractivity contribution in [2.45, 2.75) is 64.2 Å². The summed E-state index contributed by atoms with van der Waals surface area (Å²) in [5.74, 6) is 3.82. The predicted octanol–water partition coefficient (Wildman–Crippen LogP) is 9.26. The van der Waals surface area contributed by atoms with Crippen LogP contribution in [0.4, 0.5) is 34.1 Å². The minimum Gasteiger partial charge on any atom is -0.311 e. The van der Waals surface area contributed by atoms with Gasteiger partial charge in [0.1, 0.15) is 0 Å². The summed E-state index contributed by atoms with van der Waals surface area (Å²) in [6.45, 7) is 7.02. The van der Waals surface area contributed by atoms with E-state index < -0.39 is 0 Å². The van der Waals surface area contributed by atoms with E-state index in [1.807, 2.05) is 0 Å². The van der Waals surface area contributed by atoms with Gasteiger partial charge in [0.2, 0.25) is 0 Å². The summed E-state index contributed by atoms with van der Waals surface area (Å²) >= 11 is 0. The van der Waals surface area contributed by atoms with Crippen LogP contribution in [0, 0.1) is 30.6 Å². The molecule has 4 fully saturated rings. The molecule has 4 bridgehead atoms. The summed E-state index contributed by atoms with van der Waals surface area (Å²) in [4.78, 5) is 5.26. The minimum absolute atomic E-state index is 0.119. The lowest BCUT2D eigenvalue weighted by molar-refractivity contribution is -0.0419. The molecule has 12 rings (SSSR count). The van der Waals surface area contributed by atoms with Crippen molar-refractivity contribution in [2.75, 3.05) is 9.80 Å². The fraction of sp³-hybridized carbons (Fsp3) is 0.318. The molecule has 7 aliphatic rings. The van der Waals surface area contributed by atoms with Crippen LogP contribution < -0.4 is 26.2 Å². The zero-order valence-corrected chi connectivity index (χ0v) is 27.7. The van der Waals surface area contributed by atoms with Gasteiger partial charge in [0.05, 0.1) is 5.69 Å². The van der Waals surface area contributed by atoms with Crippen LogP contribution in [0.25, 0.3) is 0 Å². The summed E-state index contributed by atoms with van der Waals surface area (Å²) in [6, 6.07) is 40.7. The van der Waals surface area contributed by atoms with Gasteiger partial charge in [0, 0.05) is 33.9 Å². The number of nitrogens with zero attached hydrogens (tertiary/aromatic N) is 2. The van der Waals surface area contributed by atoms with Gasteiger partial charge >= 0.3 is 0 Å². The maximum Gasteiger partial charge on any atom is 0.252 e. The van der Waals surface area contributed by atoms with E-state index in [2.05, 4.69) is 134 Å². The van der Waals surface area contributed by atoms with Gasteiger partial charge in [-0.05, 0) is 138 Å². The van der Waals surface area contributed by atoms with E-state index in [0.717, 1.165) is 23.7 Å². The Balaban J connectivity index is 1.23. The normalized spacial score (nSPS) is 26.8. The minimum atomic E-state index is 0.119. The van der Waals surface area contributed by atoms with Crippen molar-refractivity contribution in [1.29, 1.82) is 0 Å². The molecule has 5 aromatic carbocycles. The maximum atomic E-state index is 2.70. The van der Waals surface area contributed by atoms with Gasteiger partial charge in [0.25, 0.3) is 6.71 Å². The summed E-state index contributed by atoms with van der Waals surface area (Å²) in [5, 5.41) is 0. The van der Waals surface area contributed by atoms with Crippen LogP contribution >= 0.6 is 0 Å². The first-order valence-electron chi connectivity index (χ1n) is 18.2. The number of fused-ring (bicyclic) bond motifs is 6. The molecule has 3 heteroatoms. The van der Waals surface area contributed by atoms with Crippen LogP contribution in [-0.4, -0.2) is 6.71 Å². The Morgan fingerprint density at radius 3 is 2.02 bits per heavy atom. The second kappa shape index (κ2) is 9.22. The monoisotopic (exact) mass is 608 g/mol. The Kier molecular flexibility index (Phi) is 5.26. The van der Waals surface area contributed by atoms with Gasteiger partial charge in [-0.3, -0.25) is 0 Å². The van der Waals surface area contributed by atoms with Crippen LogP contribution in [0.15, 0.2) is 103 Å². The third-order valence-electron chi connectivity index (χ3n) is 13.5. The predicted molar refractivity (Wildman–Crippen MR) is 197 cm³/mol. The van der Waals surface area contributed by atoms with Crippen LogP contribution in [0.3, 0.4) is 0 Å². The molecule has 3 aliphatic heterocycles. The van der Waals surface area contributed by atoms with Crippen molar-refractivity contribution < 1.29 is 0 Å². The van der Waals surface area contributed by atoms with Crippen LogP contribution in [0.1, 0.15) is 74.1 Å². The number of anilines is 6. The number of aryl methyl sites for hydroxylation is 1. The Hall–Kier alpha value is -4.24. The molecule has 4 saturated carbocycles. The van der Waals surface area contributed by atoms with Crippen molar-refractivity contribution in [3.8, 4) is 0 Å². The molecule has 1 spiro atoms. The molecular formula is C44H41BN2. The molecule has 0 N–H and O–H groups in total. The van der Waals surface area contributed by atoms with Crippen LogP contribution in [-0.2, 0) is 5.41 Å². The molecule has 0 atom stereocenters. The van der Waals surface area contributed by atoms with E-state index in [1.54, 1.807) is 11.1 Å². The van der Waals surface area contributed by atoms with Gasteiger partial charge in [-0.2, -0.15) is 0 Å². The molecule has 0 radical (unpaired) electrons. The van der Waals surface area contributed by atoms with Crippen molar-refractivity contribution in [1.82, 2.24) is 0 Å². The molecule has 47 heavy (non-hydrogen) atoms. The number of benzene rings is 5. The van der Waals surface area contributed by atoms with Gasteiger partial charge in [-0.15, -0.1) is 0 Å². The summed E-state index contributed by atoms with van der Waals surface area (Å²) in [6.07, 6.45) is 7.10. The lowest BCUT2D eigenvalue weighted by atomic mass is 9.32. The summed E-state index contributed by atoms with van der Waals surface area (Å²) < 4.78 is 0. The second-order valence-corrected chi connectivity index (χ2v) is 16.1. The largest absolute Gasteiger partial charge is 0.311 e. The third kappa shape index (κ3) is 3.29. The van der Waals surface area contributed by atoms with Gasteiger partial charge < -0.3 is 9.80 Å². The van der Waals surface area contributed by atoms with E-state index in [-0.39, 0.29) is 12.1 Å². The van der Waals surface area contributed by atoms with E-state index >= 15 is 0 Å². The summed E-state index contributed by atoms with van der Waals surface area (Å²) in [7, 11) is 0. The van der Waals surface area contributed by atoms with E-state index in [1.165, 1.54) is 93.7 Å². The molecule has 0 amide bonds. The highest BCUT2D eigenvalue weighted by molar-refractivity contribution is 7.00. The Labute approximate surface area is 279 Å². The lowest BCUT2D eigenvalue weighted by Gasteiger charge is -2.64. The molecule has 0 saturated heterocycles. The molecule has 230 valence electrons. The fourth-order valence-corrected chi connectivity index (χ4v) is 11.9. The fourth-order valence-electron chi connectivity index (χ4n) is 11.9. The molecular weight excluding hydrogens is 567 g/mol. The standard InChI is InChI=1S/C44H41BN2/c1-26(2)30-16-19-36-41(25-30)46(33-17-14-27(3)15-18-33)39-12-7-13-40-42(39)45(36)37-10-6-9-35-43(37)47(40)38-11-5-4-8-34(38)44(35)31-21-28-20-29(23-31)24-32(44)22-28/h4-19,25-26,28-29,31-32H,20-24H2,1-3H3. The summed E-state index contributed by atoms with van der Waals surface area (Å²) in [5.41, 5.74) is 18.6. The Bertz CT molecular complexity index is 2100. The SMILES string of the molecule is Cc1ccc(N2c3cc(C(C)C)ccc3B3c4cccc5c4N(c4ccccc4C54C5CC6CC(C5)CC4C6)c4cccc2c43)cc1. The molecule has 3 heterocycles. The average molecular weight is 609 g/mol. The van der Waals surface area contributed by atoms with Crippen molar-refractivity contribution in [2.24, 2.45) is 23.7 Å². The highest BCUT2D eigenvalue weighted by atomic mass is 15.2. The first kappa shape index (κ1) is 26.8. The number of para-hydroxylation sites is 2. The molecule has 4 aliphatic carbocycles. The van der Waals surface area contributed by atoms with Gasteiger partial charge in [-0.25, -0.2) is 0 Å². The zero-order chi connectivity index (χ0) is 31.2. The van der Waals surface area contributed by atoms with Crippen molar-refractivity contribution in [3.63, 3.8) is 0 Å². The topological polar surface area (TPSA) is 6.48 Å². The molecule has 5 aromatic rings. The van der Waals surface area contributed by atoms with Crippen molar-refractivity contribution >= 4 is 57.2 Å². The maximum absolute atomic E-state index is 2.70. The van der Waals surface area contributed by atoms with Crippen LogP contribution in [0.5, 0.6) is 0 Å². The Morgan fingerprint density at radius 2 is 1.28 bits per heavy atom. The second-order valence-electron chi connectivity index (χ2n) is 16.1. The average Bonchev–Trinajstić information content (AvgIpc) is 3.08. The van der Waals surface area contributed by atoms with E-state index in [9.17, 15) is 0 Å². The van der Waals surface area contributed by atoms with Crippen molar-refractivity contribution in [3.05, 3.63) is 125 Å². The van der Waals surface area contributed by atoms with Gasteiger partial charge in [0.15, 0.2) is 0 Å². The first-order chi connectivity index (χ1) is 23.0. The molecule has 2 nitrogen and oxygen atoms in total. The first-order valence-corrected chi connectivity index (χ1v) is 18.2. The number of hydrogen-bond acceptors (Lipinski definition) is 2. The van der Waals surface area contributed by atoms with Gasteiger partial charge in [-0.1, -0.05) is 86.1 Å². The highest BCUT2D eigenvalue weighted by Gasteiger charge is 2.62. The molecule has 0 aromatic heterocycles. The lowest BCUT2D eigenvalue weighted by Crippen LogP contribution is -2.64. The number of hydrogen-bond donors (Lipinski definition) is 0. The number of rotatable bonds is 2. The quantitative estimate of drug-likeness (QED) is 0.181. The zero-order valence-electron chi connectivity index (χ0n) is 27.7.